The highest BCUT2D eigenvalue weighted by atomic mass is 17.5. The summed E-state index contributed by atoms with van der Waals surface area (Å²) in [7, 11) is 0. The van der Waals surface area contributed by atoms with Crippen LogP contribution in [0.3, 0.4) is 0 Å². The fourth-order valence-corrected chi connectivity index (χ4v) is 0.703. The Morgan fingerprint density at radius 1 is 1.11 bits per heavy atom. The van der Waals surface area contributed by atoms with Crippen LogP contribution in [-0.2, 0) is 14.8 Å². The van der Waals surface area contributed by atoms with Crippen LogP contribution < -0.4 is 0 Å². The number of hydrogen-bond acceptors (Lipinski definition) is 3. The van der Waals surface area contributed by atoms with Gasteiger partial charge in [0.05, 0.1) is 6.61 Å². The molecule has 9 heavy (non-hydrogen) atoms. The maximum Gasteiger partial charge on any atom is 0.125 e. The average molecular weight is 131 g/mol. The lowest BCUT2D eigenvalue weighted by molar-refractivity contribution is -0.498. The van der Waals surface area contributed by atoms with Crippen LogP contribution in [0.4, 0.5) is 0 Å². The maximum absolute atomic E-state index is 4.60. The molecule has 0 aromatic rings. The van der Waals surface area contributed by atoms with Gasteiger partial charge in [0.25, 0.3) is 0 Å². The summed E-state index contributed by atoms with van der Waals surface area (Å²) in [6.45, 7) is 2.25. The van der Waals surface area contributed by atoms with Crippen molar-refractivity contribution >= 4 is 0 Å². The van der Waals surface area contributed by atoms with E-state index in [2.05, 4.69) is 14.8 Å². The van der Waals surface area contributed by atoms with Crippen molar-refractivity contribution in [2.45, 2.75) is 25.7 Å². The molecule has 0 N–H and O–H groups in total. The maximum atomic E-state index is 4.60. The van der Waals surface area contributed by atoms with Gasteiger partial charge in [0, 0.05) is 0 Å². The van der Waals surface area contributed by atoms with Gasteiger partial charge in [-0.1, -0.05) is 17.9 Å². The molecule has 0 unspecified atom stereocenters. The molecule has 0 aromatic carbocycles. The standard InChI is InChI=1S/C6H11O3/c1-2-4-6-8-9-7-5-3-1/h5H,1-4,6H2. The minimum absolute atomic E-state index is 0.633. The molecule has 1 heterocycles. The Morgan fingerprint density at radius 2 is 2.11 bits per heavy atom. The van der Waals surface area contributed by atoms with E-state index in [9.17, 15) is 0 Å². The first-order valence-electron chi connectivity index (χ1n) is 3.27. The van der Waals surface area contributed by atoms with E-state index in [-0.39, 0.29) is 0 Å². The van der Waals surface area contributed by atoms with E-state index in [0.29, 0.717) is 6.61 Å². The molecule has 1 saturated heterocycles. The SMILES string of the molecule is [CH]1CCCCCOOO1. The van der Waals surface area contributed by atoms with Gasteiger partial charge in [0.1, 0.15) is 6.61 Å². The van der Waals surface area contributed by atoms with E-state index in [1.165, 1.54) is 6.42 Å². The third-order valence-corrected chi connectivity index (χ3v) is 1.21. The molecule has 0 bridgehead atoms. The zero-order valence-corrected chi connectivity index (χ0v) is 5.34. The highest BCUT2D eigenvalue weighted by molar-refractivity contribution is 4.49. The van der Waals surface area contributed by atoms with Gasteiger partial charge in [-0.3, -0.25) is 0 Å². The Hall–Kier alpha value is -0.120. The lowest BCUT2D eigenvalue weighted by atomic mass is 10.2. The first kappa shape index (κ1) is 6.99. The molecule has 0 aromatic heterocycles. The van der Waals surface area contributed by atoms with E-state index in [0.717, 1.165) is 19.3 Å². The predicted octanol–water partition coefficient (Wildman–Crippen LogP) is 1.60. The van der Waals surface area contributed by atoms with Gasteiger partial charge in [-0.2, -0.15) is 4.89 Å². The molecule has 0 amide bonds. The molecule has 0 spiro atoms. The molecular formula is C6H11O3. The van der Waals surface area contributed by atoms with Crippen molar-refractivity contribution in [3.63, 3.8) is 0 Å². The Kier molecular flexibility index (Phi) is 3.68. The Balaban J connectivity index is 2.02. The molecule has 3 nitrogen and oxygen atoms in total. The molecule has 1 aliphatic rings. The first-order valence-corrected chi connectivity index (χ1v) is 3.27. The Morgan fingerprint density at radius 3 is 3.11 bits per heavy atom. The van der Waals surface area contributed by atoms with Gasteiger partial charge in [0.2, 0.25) is 0 Å². The van der Waals surface area contributed by atoms with Crippen LogP contribution in [0, 0.1) is 6.61 Å². The molecule has 1 radical (unpaired) electrons. The van der Waals surface area contributed by atoms with Crippen LogP contribution in [0.25, 0.3) is 0 Å². The van der Waals surface area contributed by atoms with Gasteiger partial charge in [-0.05, 0) is 12.8 Å². The van der Waals surface area contributed by atoms with Crippen LogP contribution >= 0.6 is 0 Å². The smallest absolute Gasteiger partial charge is 0.125 e. The minimum atomic E-state index is 0.633. The van der Waals surface area contributed by atoms with Gasteiger partial charge in [-0.15, -0.1) is 0 Å². The summed E-state index contributed by atoms with van der Waals surface area (Å²) in [5, 5.41) is 4.30. The normalized spacial score (nSPS) is 24.0. The van der Waals surface area contributed by atoms with Crippen molar-refractivity contribution in [1.29, 1.82) is 0 Å². The quantitative estimate of drug-likeness (QED) is 0.467. The van der Waals surface area contributed by atoms with Crippen molar-refractivity contribution in [2.24, 2.45) is 0 Å². The van der Waals surface area contributed by atoms with Crippen LogP contribution in [0.5, 0.6) is 0 Å². The van der Waals surface area contributed by atoms with Gasteiger partial charge >= 0.3 is 0 Å². The molecule has 1 rings (SSSR count). The van der Waals surface area contributed by atoms with E-state index in [1.807, 2.05) is 0 Å². The minimum Gasteiger partial charge on any atom is -0.206 e. The number of rotatable bonds is 0. The van der Waals surface area contributed by atoms with Gasteiger partial charge < -0.3 is 0 Å². The molecule has 0 atom stereocenters. The van der Waals surface area contributed by atoms with Crippen molar-refractivity contribution in [3.05, 3.63) is 6.61 Å². The summed E-state index contributed by atoms with van der Waals surface area (Å²) in [5.74, 6) is 0. The van der Waals surface area contributed by atoms with Crippen molar-refractivity contribution in [1.82, 2.24) is 0 Å². The summed E-state index contributed by atoms with van der Waals surface area (Å²) in [6.07, 6.45) is 4.34. The average Bonchev–Trinajstić information content (AvgIpc) is 2.00. The van der Waals surface area contributed by atoms with E-state index >= 15 is 0 Å². The Labute approximate surface area is 54.8 Å². The summed E-state index contributed by atoms with van der Waals surface area (Å²) in [5.41, 5.74) is 0. The summed E-state index contributed by atoms with van der Waals surface area (Å²) < 4.78 is 0. The van der Waals surface area contributed by atoms with Crippen LogP contribution in [-0.4, -0.2) is 6.61 Å². The lowest BCUT2D eigenvalue weighted by Crippen LogP contribution is -1.93. The highest BCUT2D eigenvalue weighted by Gasteiger charge is 1.97. The molecule has 0 saturated carbocycles. The van der Waals surface area contributed by atoms with E-state index < -0.39 is 0 Å². The van der Waals surface area contributed by atoms with E-state index in [4.69, 9.17) is 0 Å². The molecule has 1 aliphatic heterocycles. The zero-order valence-electron chi connectivity index (χ0n) is 5.34. The second-order valence-corrected chi connectivity index (χ2v) is 2.00. The van der Waals surface area contributed by atoms with E-state index in [1.54, 1.807) is 6.61 Å². The van der Waals surface area contributed by atoms with Gasteiger partial charge in [-0.25, -0.2) is 4.89 Å². The third-order valence-electron chi connectivity index (χ3n) is 1.21. The molecule has 3 heteroatoms. The topological polar surface area (TPSA) is 27.7 Å². The second kappa shape index (κ2) is 4.73. The predicted molar refractivity (Wildman–Crippen MR) is 30.9 cm³/mol. The van der Waals surface area contributed by atoms with Crippen LogP contribution in [0.15, 0.2) is 0 Å². The van der Waals surface area contributed by atoms with Crippen LogP contribution in [0.1, 0.15) is 25.7 Å². The fraction of sp³-hybridized carbons (Fsp3) is 0.833. The summed E-state index contributed by atoms with van der Waals surface area (Å²) in [6, 6.07) is 0. The molecular weight excluding hydrogens is 120 g/mol. The Bertz CT molecular complexity index is 36.8. The third kappa shape index (κ3) is 3.46. The lowest BCUT2D eigenvalue weighted by Gasteiger charge is -1.96. The zero-order chi connectivity index (χ0) is 6.36. The largest absolute Gasteiger partial charge is 0.206 e. The van der Waals surface area contributed by atoms with Crippen LogP contribution in [0.2, 0.25) is 0 Å². The monoisotopic (exact) mass is 131 g/mol. The second-order valence-electron chi connectivity index (χ2n) is 2.00. The van der Waals surface area contributed by atoms with Gasteiger partial charge in [0.15, 0.2) is 0 Å². The molecule has 53 valence electrons. The fourth-order valence-electron chi connectivity index (χ4n) is 0.703. The number of hydrogen-bond donors (Lipinski definition) is 0. The highest BCUT2D eigenvalue weighted by Crippen LogP contribution is 2.06. The van der Waals surface area contributed by atoms with Crippen molar-refractivity contribution in [2.75, 3.05) is 6.61 Å². The van der Waals surface area contributed by atoms with Crippen molar-refractivity contribution < 1.29 is 14.8 Å². The molecule has 0 aliphatic carbocycles. The summed E-state index contributed by atoms with van der Waals surface area (Å²) >= 11 is 0. The first-order chi connectivity index (χ1) is 4.50. The summed E-state index contributed by atoms with van der Waals surface area (Å²) in [4.78, 5) is 9.11. The molecule has 1 fully saturated rings. The van der Waals surface area contributed by atoms with Crippen molar-refractivity contribution in [3.8, 4) is 0 Å².